The summed E-state index contributed by atoms with van der Waals surface area (Å²) in [6, 6.07) is 9.86. The predicted octanol–water partition coefficient (Wildman–Crippen LogP) is 3.55. The van der Waals surface area contributed by atoms with Crippen molar-refractivity contribution < 1.29 is 13.2 Å². The number of rotatable bonds is 5. The van der Waals surface area contributed by atoms with Gasteiger partial charge in [0.05, 0.1) is 10.6 Å². The van der Waals surface area contributed by atoms with Gasteiger partial charge in [-0.25, -0.2) is 8.42 Å². The van der Waals surface area contributed by atoms with Crippen LogP contribution in [0.15, 0.2) is 41.3 Å². The lowest BCUT2D eigenvalue weighted by Gasteiger charge is -2.15. The molecule has 2 aromatic rings. The van der Waals surface area contributed by atoms with Crippen molar-refractivity contribution in [3.05, 3.63) is 58.7 Å². The molecule has 2 N–H and O–H groups in total. The molecular weight excluding hydrogens is 336 g/mol. The van der Waals surface area contributed by atoms with Crippen LogP contribution in [0.5, 0.6) is 0 Å². The molecule has 2 aromatic carbocycles. The van der Waals surface area contributed by atoms with Crippen LogP contribution < -0.4 is 10.0 Å². The van der Waals surface area contributed by atoms with Crippen LogP contribution in [0.2, 0.25) is 0 Å². The van der Waals surface area contributed by atoms with E-state index < -0.39 is 10.0 Å². The highest BCUT2D eigenvalue weighted by atomic mass is 32.2. The molecule has 134 valence electrons. The zero-order valence-electron chi connectivity index (χ0n) is 15.2. The SMILES string of the molecule is Cc1cc(C)c(NS(=O)(=O)c2cccc(C(=O)NC(C)C)c2)c(C)c1. The lowest BCUT2D eigenvalue weighted by molar-refractivity contribution is 0.0943. The molecule has 0 heterocycles. The first-order valence-corrected chi connectivity index (χ1v) is 9.60. The molecule has 25 heavy (non-hydrogen) atoms. The lowest BCUT2D eigenvalue weighted by atomic mass is 10.1. The molecule has 0 aromatic heterocycles. The number of carbonyl (C=O) groups excluding carboxylic acids is 1. The normalized spacial score (nSPS) is 11.4. The summed E-state index contributed by atoms with van der Waals surface area (Å²) in [4.78, 5) is 12.2. The Kier molecular flexibility index (Phi) is 5.52. The highest BCUT2D eigenvalue weighted by molar-refractivity contribution is 7.92. The van der Waals surface area contributed by atoms with Gasteiger partial charge in [0.1, 0.15) is 0 Å². The molecule has 0 aliphatic rings. The smallest absolute Gasteiger partial charge is 0.261 e. The highest BCUT2D eigenvalue weighted by Gasteiger charge is 2.18. The van der Waals surface area contributed by atoms with Gasteiger partial charge in [-0.2, -0.15) is 0 Å². The van der Waals surface area contributed by atoms with Crippen molar-refractivity contribution in [2.45, 2.75) is 45.6 Å². The topological polar surface area (TPSA) is 75.3 Å². The van der Waals surface area contributed by atoms with Gasteiger partial charge in [-0.05, 0) is 63.9 Å². The molecule has 0 aliphatic heterocycles. The molecule has 0 atom stereocenters. The van der Waals surface area contributed by atoms with Gasteiger partial charge in [-0.3, -0.25) is 9.52 Å². The average Bonchev–Trinajstić information content (AvgIpc) is 2.50. The largest absolute Gasteiger partial charge is 0.350 e. The number of benzene rings is 2. The maximum absolute atomic E-state index is 12.7. The van der Waals surface area contributed by atoms with Gasteiger partial charge >= 0.3 is 0 Å². The van der Waals surface area contributed by atoms with Crippen molar-refractivity contribution >= 4 is 21.6 Å². The Morgan fingerprint density at radius 3 is 2.16 bits per heavy atom. The van der Waals surface area contributed by atoms with Gasteiger partial charge in [0, 0.05) is 11.6 Å². The van der Waals surface area contributed by atoms with Crippen molar-refractivity contribution in [3.8, 4) is 0 Å². The molecule has 0 saturated carbocycles. The van der Waals surface area contributed by atoms with Crippen molar-refractivity contribution in [2.24, 2.45) is 0 Å². The number of hydrogen-bond acceptors (Lipinski definition) is 3. The number of nitrogens with one attached hydrogen (secondary N) is 2. The Morgan fingerprint density at radius 1 is 1.00 bits per heavy atom. The van der Waals surface area contributed by atoms with Crippen molar-refractivity contribution in [1.29, 1.82) is 0 Å². The predicted molar refractivity (Wildman–Crippen MR) is 101 cm³/mol. The van der Waals surface area contributed by atoms with Gasteiger partial charge in [-0.15, -0.1) is 0 Å². The van der Waals surface area contributed by atoms with E-state index in [9.17, 15) is 13.2 Å². The van der Waals surface area contributed by atoms with Crippen LogP contribution in [0.25, 0.3) is 0 Å². The van der Waals surface area contributed by atoms with Gasteiger partial charge in [0.2, 0.25) is 0 Å². The second-order valence-electron chi connectivity index (χ2n) is 6.54. The van der Waals surface area contributed by atoms with Crippen LogP contribution in [-0.4, -0.2) is 20.4 Å². The van der Waals surface area contributed by atoms with Crippen LogP contribution >= 0.6 is 0 Å². The molecule has 0 radical (unpaired) electrons. The molecule has 0 saturated heterocycles. The van der Waals surface area contributed by atoms with Crippen LogP contribution in [0.4, 0.5) is 5.69 Å². The number of anilines is 1. The minimum absolute atomic E-state index is 0.0243. The third-order valence-electron chi connectivity index (χ3n) is 3.74. The van der Waals surface area contributed by atoms with E-state index >= 15 is 0 Å². The maximum atomic E-state index is 12.7. The summed E-state index contributed by atoms with van der Waals surface area (Å²) in [7, 11) is -3.79. The monoisotopic (exact) mass is 360 g/mol. The second kappa shape index (κ2) is 7.27. The van der Waals surface area contributed by atoms with Crippen LogP contribution in [-0.2, 0) is 10.0 Å². The Labute approximate surface area is 149 Å². The fourth-order valence-corrected chi connectivity index (χ4v) is 3.93. The molecule has 1 amide bonds. The summed E-state index contributed by atoms with van der Waals surface area (Å²) >= 11 is 0. The van der Waals surface area contributed by atoms with Crippen molar-refractivity contribution in [1.82, 2.24) is 5.32 Å². The zero-order chi connectivity index (χ0) is 18.8. The van der Waals surface area contributed by atoms with Crippen LogP contribution in [0, 0.1) is 20.8 Å². The quantitative estimate of drug-likeness (QED) is 0.856. The molecule has 2 rings (SSSR count). The van der Waals surface area contributed by atoms with Gasteiger partial charge in [0.15, 0.2) is 0 Å². The maximum Gasteiger partial charge on any atom is 0.261 e. The Hall–Kier alpha value is -2.34. The molecule has 0 bridgehead atoms. The lowest BCUT2D eigenvalue weighted by Crippen LogP contribution is -2.30. The van der Waals surface area contributed by atoms with E-state index in [4.69, 9.17) is 0 Å². The van der Waals surface area contributed by atoms with E-state index in [0.29, 0.717) is 11.3 Å². The number of hydrogen-bond donors (Lipinski definition) is 2. The van der Waals surface area contributed by atoms with E-state index in [0.717, 1.165) is 16.7 Å². The summed E-state index contributed by atoms with van der Waals surface area (Å²) in [5, 5.41) is 2.76. The minimum Gasteiger partial charge on any atom is -0.350 e. The van der Waals surface area contributed by atoms with Gasteiger partial charge < -0.3 is 5.32 Å². The van der Waals surface area contributed by atoms with Crippen molar-refractivity contribution in [2.75, 3.05) is 4.72 Å². The summed E-state index contributed by atoms with van der Waals surface area (Å²) < 4.78 is 28.1. The fourth-order valence-electron chi connectivity index (χ4n) is 2.68. The minimum atomic E-state index is -3.79. The number of carbonyl (C=O) groups is 1. The van der Waals surface area contributed by atoms with E-state index in [-0.39, 0.29) is 16.8 Å². The molecular formula is C19H24N2O3S. The third-order valence-corrected chi connectivity index (χ3v) is 5.09. The number of sulfonamides is 1. The Bertz CT molecular complexity index is 880. The Balaban J connectivity index is 2.36. The van der Waals surface area contributed by atoms with E-state index in [1.165, 1.54) is 12.1 Å². The molecule has 0 fully saturated rings. The first-order valence-electron chi connectivity index (χ1n) is 8.12. The molecule has 0 aliphatic carbocycles. The number of aryl methyl sites for hydroxylation is 3. The first-order chi connectivity index (χ1) is 11.6. The van der Waals surface area contributed by atoms with E-state index in [1.807, 2.05) is 46.8 Å². The highest BCUT2D eigenvalue weighted by Crippen LogP contribution is 2.25. The van der Waals surface area contributed by atoms with E-state index in [1.54, 1.807) is 12.1 Å². The first kappa shape index (κ1) is 19.0. The summed E-state index contributed by atoms with van der Waals surface area (Å²) in [5.74, 6) is -0.297. The average molecular weight is 360 g/mol. The van der Waals surface area contributed by atoms with Crippen LogP contribution in [0.3, 0.4) is 0 Å². The van der Waals surface area contributed by atoms with Crippen LogP contribution in [0.1, 0.15) is 40.9 Å². The molecule has 5 nitrogen and oxygen atoms in total. The van der Waals surface area contributed by atoms with E-state index in [2.05, 4.69) is 10.0 Å². The third kappa shape index (κ3) is 4.60. The van der Waals surface area contributed by atoms with Crippen molar-refractivity contribution in [3.63, 3.8) is 0 Å². The second-order valence-corrected chi connectivity index (χ2v) is 8.22. The van der Waals surface area contributed by atoms with Gasteiger partial charge in [-0.1, -0.05) is 23.8 Å². The summed E-state index contributed by atoms with van der Waals surface area (Å²) in [6.07, 6.45) is 0. The molecule has 6 heteroatoms. The number of amides is 1. The standard InChI is InChI=1S/C19H24N2O3S/c1-12(2)20-19(22)16-7-6-8-17(11-16)25(23,24)21-18-14(4)9-13(3)10-15(18)5/h6-12,21H,1-5H3,(H,20,22). The zero-order valence-corrected chi connectivity index (χ0v) is 16.0. The fraction of sp³-hybridized carbons (Fsp3) is 0.316. The Morgan fingerprint density at radius 2 is 1.60 bits per heavy atom. The molecule has 0 spiro atoms. The van der Waals surface area contributed by atoms with Gasteiger partial charge in [0.25, 0.3) is 15.9 Å². The molecule has 0 unspecified atom stereocenters. The summed E-state index contributed by atoms with van der Waals surface area (Å²) in [5.41, 5.74) is 3.67. The summed E-state index contributed by atoms with van der Waals surface area (Å²) in [6.45, 7) is 9.40.